The molecule has 2 aromatic carbocycles. The summed E-state index contributed by atoms with van der Waals surface area (Å²) in [7, 11) is 0. The number of hydrogen-bond donors (Lipinski definition) is 2. The number of para-hydroxylation sites is 3. The van der Waals surface area contributed by atoms with Gasteiger partial charge in [0.15, 0.2) is 17.4 Å². The number of amides is 1. The van der Waals surface area contributed by atoms with E-state index in [0.717, 1.165) is 24.3 Å². The van der Waals surface area contributed by atoms with Gasteiger partial charge in [0.1, 0.15) is 11.9 Å². The predicted molar refractivity (Wildman–Crippen MR) is 106 cm³/mol. The molecule has 2 N–H and O–H groups in total. The molecule has 3 aromatic rings. The van der Waals surface area contributed by atoms with Crippen molar-refractivity contribution in [3.8, 4) is 11.5 Å². The zero-order valence-electron chi connectivity index (χ0n) is 15.2. The van der Waals surface area contributed by atoms with Crippen LogP contribution < -0.4 is 15.4 Å². The Hall–Kier alpha value is -3.45. The Kier molecular flexibility index (Phi) is 5.44. The second-order valence-electron chi connectivity index (χ2n) is 6.33. The van der Waals surface area contributed by atoms with Crippen molar-refractivity contribution in [1.29, 1.82) is 0 Å². The average Bonchev–Trinajstić information content (AvgIpc) is 3.27. The summed E-state index contributed by atoms with van der Waals surface area (Å²) >= 11 is 0. The Morgan fingerprint density at radius 3 is 2.46 bits per heavy atom. The van der Waals surface area contributed by atoms with Crippen molar-refractivity contribution in [1.82, 2.24) is 10.2 Å². The summed E-state index contributed by atoms with van der Waals surface area (Å²) in [5.74, 6) is 2.16. The molecule has 0 aliphatic carbocycles. The quantitative estimate of drug-likeness (QED) is 0.673. The van der Waals surface area contributed by atoms with E-state index < -0.39 is 6.10 Å². The van der Waals surface area contributed by atoms with Crippen LogP contribution >= 0.6 is 0 Å². The zero-order valence-corrected chi connectivity index (χ0v) is 15.2. The van der Waals surface area contributed by atoms with Gasteiger partial charge in [-0.2, -0.15) is 0 Å². The normalized spacial score (nSPS) is 15.8. The number of nitrogens with zero attached hydrogens (tertiary/aromatic N) is 2. The summed E-state index contributed by atoms with van der Waals surface area (Å²) in [6.07, 6.45) is 1.23. The fraction of sp³-hybridized carbons (Fsp3) is 0.190. The highest BCUT2D eigenvalue weighted by Crippen LogP contribution is 2.30. The first-order valence-corrected chi connectivity index (χ1v) is 9.13. The van der Waals surface area contributed by atoms with E-state index in [1.807, 2.05) is 54.6 Å². The Balaban J connectivity index is 1.42. The minimum atomic E-state index is -0.401. The molecule has 1 aliphatic heterocycles. The number of rotatable bonds is 6. The minimum Gasteiger partial charge on any atom is -0.455 e. The number of hydrogen-bond acceptors (Lipinski definition) is 6. The van der Waals surface area contributed by atoms with Gasteiger partial charge in [0.25, 0.3) is 5.91 Å². The molecular formula is C21H20N4O3. The molecule has 1 fully saturated rings. The molecular weight excluding hydrogens is 356 g/mol. The average molecular weight is 376 g/mol. The molecule has 142 valence electrons. The Labute approximate surface area is 162 Å². The minimum absolute atomic E-state index is 0.186. The van der Waals surface area contributed by atoms with Crippen LogP contribution in [0.15, 0.2) is 66.7 Å². The molecule has 1 aromatic heterocycles. The van der Waals surface area contributed by atoms with Crippen LogP contribution in [0, 0.1) is 0 Å². The summed E-state index contributed by atoms with van der Waals surface area (Å²) in [6.45, 7) is 0.622. The summed E-state index contributed by atoms with van der Waals surface area (Å²) in [5.41, 5.74) is 0.761. The summed E-state index contributed by atoms with van der Waals surface area (Å²) in [6, 6.07) is 20.6. The summed E-state index contributed by atoms with van der Waals surface area (Å²) in [5, 5.41) is 14.1. The Bertz CT molecular complexity index is 926. The van der Waals surface area contributed by atoms with Crippen molar-refractivity contribution in [2.24, 2.45) is 0 Å². The SMILES string of the molecule is O=C(Nc1ccc(Nc2ccccc2Oc2ccccc2)nn1)C1CCCO1. The first kappa shape index (κ1) is 17.9. The molecule has 0 bridgehead atoms. The molecule has 1 aliphatic rings. The predicted octanol–water partition coefficient (Wildman–Crippen LogP) is 4.13. The van der Waals surface area contributed by atoms with E-state index in [-0.39, 0.29) is 5.91 Å². The lowest BCUT2D eigenvalue weighted by molar-refractivity contribution is -0.124. The lowest BCUT2D eigenvalue weighted by atomic mass is 10.2. The van der Waals surface area contributed by atoms with Crippen LogP contribution in [0.3, 0.4) is 0 Å². The van der Waals surface area contributed by atoms with Crippen LogP contribution in [0.2, 0.25) is 0 Å². The van der Waals surface area contributed by atoms with Gasteiger partial charge in [-0.05, 0) is 49.2 Å². The number of ether oxygens (including phenoxy) is 2. The maximum absolute atomic E-state index is 12.1. The van der Waals surface area contributed by atoms with E-state index in [4.69, 9.17) is 9.47 Å². The van der Waals surface area contributed by atoms with E-state index >= 15 is 0 Å². The van der Waals surface area contributed by atoms with Gasteiger partial charge in [0.05, 0.1) is 5.69 Å². The number of aromatic nitrogens is 2. The fourth-order valence-corrected chi connectivity index (χ4v) is 2.87. The van der Waals surface area contributed by atoms with Gasteiger partial charge in [0.2, 0.25) is 0 Å². The van der Waals surface area contributed by atoms with Crippen molar-refractivity contribution < 1.29 is 14.3 Å². The van der Waals surface area contributed by atoms with E-state index in [0.29, 0.717) is 24.0 Å². The first-order chi connectivity index (χ1) is 13.8. The topological polar surface area (TPSA) is 85.4 Å². The standard InChI is InChI=1S/C21H20N4O3/c26-21(18-11-6-14-27-18)23-20-13-12-19(24-25-20)22-16-9-4-5-10-17(16)28-15-7-2-1-3-8-15/h1-5,7-10,12-13,18H,6,11,14H2,(H,22,24)(H,23,25,26). The number of carbonyl (C=O) groups is 1. The molecule has 7 nitrogen and oxygen atoms in total. The molecule has 2 heterocycles. The van der Waals surface area contributed by atoms with Crippen LogP contribution in [0.4, 0.5) is 17.3 Å². The Morgan fingerprint density at radius 2 is 1.71 bits per heavy atom. The Morgan fingerprint density at radius 1 is 0.964 bits per heavy atom. The first-order valence-electron chi connectivity index (χ1n) is 9.13. The molecule has 1 unspecified atom stereocenters. The van der Waals surface area contributed by atoms with Crippen molar-refractivity contribution >= 4 is 23.2 Å². The van der Waals surface area contributed by atoms with Crippen LogP contribution in [0.5, 0.6) is 11.5 Å². The van der Waals surface area contributed by atoms with Crippen LogP contribution in [-0.2, 0) is 9.53 Å². The highest BCUT2D eigenvalue weighted by Gasteiger charge is 2.23. The van der Waals surface area contributed by atoms with Crippen LogP contribution in [-0.4, -0.2) is 28.8 Å². The van der Waals surface area contributed by atoms with Crippen LogP contribution in [0.1, 0.15) is 12.8 Å². The zero-order chi connectivity index (χ0) is 19.2. The molecule has 1 amide bonds. The number of nitrogens with one attached hydrogen (secondary N) is 2. The third-order valence-electron chi connectivity index (χ3n) is 4.26. The van der Waals surface area contributed by atoms with Crippen LogP contribution in [0.25, 0.3) is 0 Å². The monoisotopic (exact) mass is 376 g/mol. The number of anilines is 3. The second-order valence-corrected chi connectivity index (χ2v) is 6.33. The molecule has 7 heteroatoms. The van der Waals surface area contributed by atoms with Gasteiger partial charge in [-0.3, -0.25) is 4.79 Å². The second kappa shape index (κ2) is 8.49. The van der Waals surface area contributed by atoms with Gasteiger partial charge >= 0.3 is 0 Å². The third kappa shape index (κ3) is 4.44. The molecule has 0 radical (unpaired) electrons. The summed E-state index contributed by atoms with van der Waals surface area (Å²) in [4.78, 5) is 12.1. The summed E-state index contributed by atoms with van der Waals surface area (Å²) < 4.78 is 11.3. The maximum Gasteiger partial charge on any atom is 0.254 e. The largest absolute Gasteiger partial charge is 0.455 e. The van der Waals surface area contributed by atoms with Gasteiger partial charge in [-0.15, -0.1) is 10.2 Å². The number of benzene rings is 2. The third-order valence-corrected chi connectivity index (χ3v) is 4.26. The number of carbonyl (C=O) groups excluding carboxylic acids is 1. The molecule has 0 saturated carbocycles. The maximum atomic E-state index is 12.1. The smallest absolute Gasteiger partial charge is 0.254 e. The van der Waals surface area contributed by atoms with E-state index in [2.05, 4.69) is 20.8 Å². The van der Waals surface area contributed by atoms with Gasteiger partial charge in [0, 0.05) is 6.61 Å². The highest BCUT2D eigenvalue weighted by molar-refractivity contribution is 5.93. The molecule has 1 saturated heterocycles. The molecule has 1 atom stereocenters. The van der Waals surface area contributed by atoms with E-state index in [1.54, 1.807) is 12.1 Å². The van der Waals surface area contributed by atoms with Gasteiger partial charge < -0.3 is 20.1 Å². The van der Waals surface area contributed by atoms with Gasteiger partial charge in [-0.1, -0.05) is 30.3 Å². The fourth-order valence-electron chi connectivity index (χ4n) is 2.87. The van der Waals surface area contributed by atoms with Crippen molar-refractivity contribution in [3.05, 3.63) is 66.7 Å². The lowest BCUT2D eigenvalue weighted by Gasteiger charge is -2.13. The molecule has 0 spiro atoms. The van der Waals surface area contributed by atoms with Crippen molar-refractivity contribution in [2.75, 3.05) is 17.2 Å². The van der Waals surface area contributed by atoms with Gasteiger partial charge in [-0.25, -0.2) is 0 Å². The van der Waals surface area contributed by atoms with E-state index in [9.17, 15) is 4.79 Å². The molecule has 4 rings (SSSR count). The van der Waals surface area contributed by atoms with Crippen molar-refractivity contribution in [2.45, 2.75) is 18.9 Å². The highest BCUT2D eigenvalue weighted by atomic mass is 16.5. The van der Waals surface area contributed by atoms with Crippen molar-refractivity contribution in [3.63, 3.8) is 0 Å². The molecule has 28 heavy (non-hydrogen) atoms. The van der Waals surface area contributed by atoms with E-state index in [1.165, 1.54) is 0 Å². The lowest BCUT2D eigenvalue weighted by Crippen LogP contribution is -2.27.